The predicted octanol–water partition coefficient (Wildman–Crippen LogP) is 9.18. The van der Waals surface area contributed by atoms with E-state index in [0.717, 1.165) is 23.7 Å². The first-order valence-electron chi connectivity index (χ1n) is 12.5. The predicted molar refractivity (Wildman–Crippen MR) is 118 cm³/mol. The summed E-state index contributed by atoms with van der Waals surface area (Å²) < 4.78 is 0. The van der Waals surface area contributed by atoms with Crippen LogP contribution in [0.15, 0.2) is 0 Å². The second-order valence-corrected chi connectivity index (χ2v) is 11.2. The molecule has 0 aliphatic heterocycles. The maximum Gasteiger partial charge on any atom is -0.0354 e. The number of hydrogen-bond acceptors (Lipinski definition) is 0. The summed E-state index contributed by atoms with van der Waals surface area (Å²) in [4.78, 5) is 0. The molecule has 0 aromatic carbocycles. The lowest BCUT2D eigenvalue weighted by atomic mass is 9.75. The van der Waals surface area contributed by atoms with Gasteiger partial charge in [0.15, 0.2) is 0 Å². The highest BCUT2D eigenvalue weighted by Gasteiger charge is 2.26. The minimum atomic E-state index is 0.589. The van der Waals surface area contributed by atoms with E-state index in [9.17, 15) is 0 Å². The van der Waals surface area contributed by atoms with E-state index in [2.05, 4.69) is 27.7 Å². The van der Waals surface area contributed by atoms with Crippen molar-refractivity contribution in [3.05, 3.63) is 0 Å². The molecular weight excluding hydrogens is 312 g/mol. The van der Waals surface area contributed by atoms with E-state index in [1.54, 1.807) is 0 Å². The van der Waals surface area contributed by atoms with E-state index in [4.69, 9.17) is 0 Å². The van der Waals surface area contributed by atoms with Crippen molar-refractivity contribution in [1.82, 2.24) is 0 Å². The lowest BCUT2D eigenvalue weighted by Crippen LogP contribution is -2.19. The molecule has 0 spiro atoms. The fourth-order valence-corrected chi connectivity index (χ4v) is 5.99. The molecule has 4 atom stereocenters. The van der Waals surface area contributed by atoms with Crippen LogP contribution in [0, 0.1) is 29.1 Å². The molecule has 2 saturated carbocycles. The molecule has 2 rings (SSSR count). The maximum atomic E-state index is 2.56. The SMILES string of the molecule is CC1CCCCC(C)CC(C2CCCCCCC(C)(C)CCC2)CCC1. The van der Waals surface area contributed by atoms with Crippen molar-refractivity contribution in [2.24, 2.45) is 29.1 Å². The van der Waals surface area contributed by atoms with Crippen molar-refractivity contribution in [1.29, 1.82) is 0 Å². The Labute approximate surface area is 166 Å². The van der Waals surface area contributed by atoms with Crippen LogP contribution >= 0.6 is 0 Å². The van der Waals surface area contributed by atoms with Crippen molar-refractivity contribution in [2.45, 2.75) is 137 Å². The molecule has 0 nitrogen and oxygen atoms in total. The molecule has 0 bridgehead atoms. The van der Waals surface area contributed by atoms with Gasteiger partial charge in [0.25, 0.3) is 0 Å². The highest BCUT2D eigenvalue weighted by atomic mass is 14.3. The summed E-state index contributed by atoms with van der Waals surface area (Å²) in [7, 11) is 0. The van der Waals surface area contributed by atoms with Crippen LogP contribution in [0.5, 0.6) is 0 Å². The average molecular weight is 363 g/mol. The summed E-state index contributed by atoms with van der Waals surface area (Å²) in [5.74, 6) is 3.99. The number of rotatable bonds is 1. The van der Waals surface area contributed by atoms with Gasteiger partial charge >= 0.3 is 0 Å². The lowest BCUT2D eigenvalue weighted by molar-refractivity contribution is 0.205. The molecule has 26 heavy (non-hydrogen) atoms. The van der Waals surface area contributed by atoms with Crippen LogP contribution in [-0.2, 0) is 0 Å². The third-order valence-corrected chi connectivity index (χ3v) is 7.89. The van der Waals surface area contributed by atoms with Crippen molar-refractivity contribution < 1.29 is 0 Å². The highest BCUT2D eigenvalue weighted by molar-refractivity contribution is 4.77. The smallest absolute Gasteiger partial charge is 0.0354 e. The van der Waals surface area contributed by atoms with Gasteiger partial charge in [-0.2, -0.15) is 0 Å². The summed E-state index contributed by atoms with van der Waals surface area (Å²) in [6.07, 6.45) is 25.4. The van der Waals surface area contributed by atoms with E-state index in [1.165, 1.54) is 109 Å². The van der Waals surface area contributed by atoms with Gasteiger partial charge in [0.05, 0.1) is 0 Å². The summed E-state index contributed by atoms with van der Waals surface area (Å²) in [6, 6.07) is 0. The topological polar surface area (TPSA) is 0 Å². The van der Waals surface area contributed by atoms with Gasteiger partial charge in [0.1, 0.15) is 0 Å². The molecule has 0 heteroatoms. The summed E-state index contributed by atoms with van der Waals surface area (Å²) in [6.45, 7) is 10.1. The average Bonchev–Trinajstić information content (AvgIpc) is 2.64. The summed E-state index contributed by atoms with van der Waals surface area (Å²) in [5.41, 5.74) is 0.589. The largest absolute Gasteiger partial charge is 0.0625 e. The second-order valence-electron chi connectivity index (χ2n) is 11.2. The third kappa shape index (κ3) is 8.79. The molecule has 0 radical (unpaired) electrons. The second kappa shape index (κ2) is 11.8. The molecule has 4 unspecified atom stereocenters. The molecule has 2 fully saturated rings. The Hall–Kier alpha value is 0. The molecule has 2 aliphatic carbocycles. The fourth-order valence-electron chi connectivity index (χ4n) is 5.99. The van der Waals surface area contributed by atoms with E-state index in [-0.39, 0.29) is 0 Å². The van der Waals surface area contributed by atoms with Crippen LogP contribution in [-0.4, -0.2) is 0 Å². The number of hydrogen-bond donors (Lipinski definition) is 0. The zero-order valence-electron chi connectivity index (χ0n) is 18.8. The zero-order valence-corrected chi connectivity index (χ0v) is 18.8. The summed E-state index contributed by atoms with van der Waals surface area (Å²) in [5, 5.41) is 0. The first kappa shape index (κ1) is 22.3. The van der Waals surface area contributed by atoms with Crippen molar-refractivity contribution in [3.63, 3.8) is 0 Å². The van der Waals surface area contributed by atoms with Gasteiger partial charge in [-0.3, -0.25) is 0 Å². The van der Waals surface area contributed by atoms with Gasteiger partial charge in [0.2, 0.25) is 0 Å². The van der Waals surface area contributed by atoms with E-state index < -0.39 is 0 Å². The molecule has 0 N–H and O–H groups in total. The van der Waals surface area contributed by atoms with E-state index in [0.29, 0.717) is 5.41 Å². The van der Waals surface area contributed by atoms with Crippen molar-refractivity contribution >= 4 is 0 Å². The van der Waals surface area contributed by atoms with Crippen LogP contribution in [0.3, 0.4) is 0 Å². The van der Waals surface area contributed by atoms with Gasteiger partial charge in [0, 0.05) is 0 Å². The van der Waals surface area contributed by atoms with Gasteiger partial charge < -0.3 is 0 Å². The lowest BCUT2D eigenvalue weighted by Gasteiger charge is -2.31. The van der Waals surface area contributed by atoms with Crippen molar-refractivity contribution in [3.8, 4) is 0 Å². The first-order valence-corrected chi connectivity index (χ1v) is 12.5. The Kier molecular flexibility index (Phi) is 10.1. The van der Waals surface area contributed by atoms with Crippen LogP contribution in [0.4, 0.5) is 0 Å². The Balaban J connectivity index is 1.98. The van der Waals surface area contributed by atoms with Crippen LogP contribution in [0.2, 0.25) is 0 Å². The van der Waals surface area contributed by atoms with Gasteiger partial charge in [-0.15, -0.1) is 0 Å². The Morgan fingerprint density at radius 3 is 1.85 bits per heavy atom. The third-order valence-electron chi connectivity index (χ3n) is 7.89. The Morgan fingerprint density at radius 1 is 0.500 bits per heavy atom. The standard InChI is InChI=1S/C26H50/c1-22-13-8-9-14-23(2)21-25(17-11-15-22)24-16-7-5-6-10-19-26(3,4)20-12-18-24/h22-25H,5-21H2,1-4H3. The molecule has 154 valence electrons. The first-order chi connectivity index (χ1) is 12.5. The van der Waals surface area contributed by atoms with E-state index >= 15 is 0 Å². The van der Waals surface area contributed by atoms with Crippen LogP contribution < -0.4 is 0 Å². The van der Waals surface area contributed by atoms with Gasteiger partial charge in [-0.05, 0) is 48.3 Å². The molecule has 2 aliphatic rings. The fraction of sp³-hybridized carbons (Fsp3) is 1.00. The minimum absolute atomic E-state index is 0.589. The minimum Gasteiger partial charge on any atom is -0.0625 e. The quantitative estimate of drug-likeness (QED) is 0.436. The maximum absolute atomic E-state index is 2.56. The van der Waals surface area contributed by atoms with Crippen LogP contribution in [0.25, 0.3) is 0 Å². The highest BCUT2D eigenvalue weighted by Crippen LogP contribution is 2.38. The molecule has 0 aromatic heterocycles. The van der Waals surface area contributed by atoms with Crippen molar-refractivity contribution in [2.75, 3.05) is 0 Å². The van der Waals surface area contributed by atoms with Gasteiger partial charge in [-0.1, -0.05) is 118 Å². The molecular formula is C26H50. The Morgan fingerprint density at radius 2 is 1.04 bits per heavy atom. The molecule has 0 heterocycles. The summed E-state index contributed by atoms with van der Waals surface area (Å²) >= 11 is 0. The van der Waals surface area contributed by atoms with Gasteiger partial charge in [-0.25, -0.2) is 0 Å². The monoisotopic (exact) mass is 362 g/mol. The Bertz CT molecular complexity index is 355. The zero-order chi connectivity index (χ0) is 18.8. The normalized spacial score (nSPS) is 36.5. The van der Waals surface area contributed by atoms with Crippen LogP contribution in [0.1, 0.15) is 137 Å². The molecule has 0 amide bonds. The molecule has 0 aromatic rings. The van der Waals surface area contributed by atoms with E-state index in [1.807, 2.05) is 0 Å². The molecule has 0 saturated heterocycles.